The molecule has 3 nitrogen and oxygen atoms in total. The van der Waals surface area contributed by atoms with Crippen LogP contribution in [0.15, 0.2) is 18.3 Å². The van der Waals surface area contributed by atoms with Gasteiger partial charge in [-0.15, -0.1) is 0 Å². The largest absolute Gasteiger partial charge is 0.343 e. The predicted molar refractivity (Wildman–Crippen MR) is 46.1 cm³/mol. The molecule has 1 aromatic rings. The van der Waals surface area contributed by atoms with Crippen LogP contribution in [0.5, 0.6) is 0 Å². The standard InChI is InChI=1S/C10H11NO2/c1-2-8-9(11-5-1)3-4-10(8)12-6-7-13-10/h1-2,5H,3-4,6-7H2. The van der Waals surface area contributed by atoms with Gasteiger partial charge in [0.15, 0.2) is 5.79 Å². The van der Waals surface area contributed by atoms with Crippen LogP contribution in [-0.2, 0) is 21.7 Å². The number of aryl methyl sites for hydroxylation is 1. The van der Waals surface area contributed by atoms with Crippen molar-refractivity contribution < 1.29 is 9.47 Å². The Hall–Kier alpha value is -0.930. The zero-order chi connectivity index (χ0) is 8.73. The van der Waals surface area contributed by atoms with Gasteiger partial charge in [0.25, 0.3) is 0 Å². The van der Waals surface area contributed by atoms with Crippen molar-refractivity contribution in [3.8, 4) is 0 Å². The van der Waals surface area contributed by atoms with Crippen LogP contribution in [0.25, 0.3) is 0 Å². The number of hydrogen-bond acceptors (Lipinski definition) is 3. The fourth-order valence-electron chi connectivity index (χ4n) is 2.16. The molecule has 0 saturated carbocycles. The number of rotatable bonds is 0. The number of hydrogen-bond donors (Lipinski definition) is 0. The normalized spacial score (nSPS) is 23.7. The van der Waals surface area contributed by atoms with Gasteiger partial charge in [0.1, 0.15) is 0 Å². The highest BCUT2D eigenvalue weighted by atomic mass is 16.7. The van der Waals surface area contributed by atoms with E-state index in [0.29, 0.717) is 13.2 Å². The lowest BCUT2D eigenvalue weighted by Gasteiger charge is -2.21. The van der Waals surface area contributed by atoms with Gasteiger partial charge < -0.3 is 9.47 Å². The number of ether oxygens (including phenoxy) is 2. The molecule has 1 spiro atoms. The molecular formula is C10H11NO2. The first-order valence-electron chi connectivity index (χ1n) is 4.63. The van der Waals surface area contributed by atoms with E-state index in [0.717, 1.165) is 24.1 Å². The van der Waals surface area contributed by atoms with Crippen molar-refractivity contribution in [3.63, 3.8) is 0 Å². The van der Waals surface area contributed by atoms with Crippen LogP contribution >= 0.6 is 0 Å². The second-order valence-electron chi connectivity index (χ2n) is 3.45. The molecule has 1 aliphatic heterocycles. The highest BCUT2D eigenvalue weighted by molar-refractivity contribution is 5.30. The van der Waals surface area contributed by atoms with E-state index in [1.54, 1.807) is 0 Å². The van der Waals surface area contributed by atoms with E-state index in [2.05, 4.69) is 11.1 Å². The number of aromatic nitrogens is 1. The van der Waals surface area contributed by atoms with E-state index in [9.17, 15) is 0 Å². The first-order chi connectivity index (χ1) is 6.41. The number of fused-ring (bicyclic) bond motifs is 2. The van der Waals surface area contributed by atoms with E-state index >= 15 is 0 Å². The van der Waals surface area contributed by atoms with Gasteiger partial charge in [0.05, 0.1) is 13.2 Å². The lowest BCUT2D eigenvalue weighted by atomic mass is 10.1. The zero-order valence-electron chi connectivity index (χ0n) is 7.32. The molecule has 3 rings (SSSR count). The van der Waals surface area contributed by atoms with Gasteiger partial charge in [-0.25, -0.2) is 0 Å². The topological polar surface area (TPSA) is 31.4 Å². The van der Waals surface area contributed by atoms with Gasteiger partial charge in [-0.3, -0.25) is 4.98 Å². The second kappa shape index (κ2) is 2.53. The maximum atomic E-state index is 5.67. The third-order valence-corrected chi connectivity index (χ3v) is 2.75. The van der Waals surface area contributed by atoms with Gasteiger partial charge in [0.2, 0.25) is 0 Å². The van der Waals surface area contributed by atoms with Crippen LogP contribution in [0.1, 0.15) is 17.7 Å². The Kier molecular flexibility index (Phi) is 1.45. The first kappa shape index (κ1) is 7.47. The fraction of sp³-hybridized carbons (Fsp3) is 0.500. The minimum Gasteiger partial charge on any atom is -0.343 e. The van der Waals surface area contributed by atoms with Crippen molar-refractivity contribution in [2.75, 3.05) is 13.2 Å². The van der Waals surface area contributed by atoms with Crippen LogP contribution in [-0.4, -0.2) is 18.2 Å². The van der Waals surface area contributed by atoms with Crippen LogP contribution in [0.2, 0.25) is 0 Å². The molecule has 1 aliphatic carbocycles. The molecule has 1 saturated heterocycles. The molecule has 0 atom stereocenters. The van der Waals surface area contributed by atoms with Gasteiger partial charge in [-0.1, -0.05) is 6.07 Å². The molecule has 0 N–H and O–H groups in total. The van der Waals surface area contributed by atoms with Crippen molar-refractivity contribution in [1.82, 2.24) is 4.98 Å². The highest BCUT2D eigenvalue weighted by Crippen LogP contribution is 2.42. The van der Waals surface area contributed by atoms with Gasteiger partial charge in [-0.05, 0) is 12.5 Å². The average molecular weight is 177 g/mol. The summed E-state index contributed by atoms with van der Waals surface area (Å²) in [5, 5.41) is 0. The summed E-state index contributed by atoms with van der Waals surface area (Å²) in [5.41, 5.74) is 2.26. The van der Waals surface area contributed by atoms with Crippen molar-refractivity contribution in [1.29, 1.82) is 0 Å². The Labute approximate surface area is 76.7 Å². The lowest BCUT2D eigenvalue weighted by Crippen LogP contribution is -2.23. The van der Waals surface area contributed by atoms with Crippen LogP contribution in [0.4, 0.5) is 0 Å². The Bertz CT molecular complexity index is 331. The summed E-state index contributed by atoms with van der Waals surface area (Å²) < 4.78 is 11.3. The van der Waals surface area contributed by atoms with Crippen LogP contribution in [0, 0.1) is 0 Å². The minimum atomic E-state index is -0.441. The monoisotopic (exact) mass is 177 g/mol. The molecule has 68 valence electrons. The molecule has 1 aromatic heterocycles. The molecule has 0 aromatic carbocycles. The van der Waals surface area contributed by atoms with E-state index in [4.69, 9.17) is 9.47 Å². The van der Waals surface area contributed by atoms with E-state index < -0.39 is 5.79 Å². The predicted octanol–water partition coefficient (Wildman–Crippen LogP) is 1.23. The van der Waals surface area contributed by atoms with Gasteiger partial charge >= 0.3 is 0 Å². The van der Waals surface area contributed by atoms with Crippen molar-refractivity contribution in [3.05, 3.63) is 29.6 Å². The summed E-state index contributed by atoms with van der Waals surface area (Å²) in [7, 11) is 0. The van der Waals surface area contributed by atoms with E-state index in [1.807, 2.05) is 12.3 Å². The Balaban J connectivity index is 2.11. The molecule has 1 fully saturated rings. The molecule has 13 heavy (non-hydrogen) atoms. The molecule has 0 radical (unpaired) electrons. The van der Waals surface area contributed by atoms with Gasteiger partial charge in [-0.2, -0.15) is 0 Å². The maximum absolute atomic E-state index is 5.67. The number of pyridine rings is 1. The first-order valence-corrected chi connectivity index (χ1v) is 4.63. The Morgan fingerprint density at radius 1 is 1.31 bits per heavy atom. The maximum Gasteiger partial charge on any atom is 0.197 e. The molecular weight excluding hydrogens is 166 g/mol. The molecule has 0 amide bonds. The average Bonchev–Trinajstić information content (AvgIpc) is 2.78. The molecule has 0 unspecified atom stereocenters. The third-order valence-electron chi connectivity index (χ3n) is 2.75. The Morgan fingerprint density at radius 2 is 2.15 bits per heavy atom. The minimum absolute atomic E-state index is 0.441. The summed E-state index contributed by atoms with van der Waals surface area (Å²) in [5.74, 6) is -0.441. The fourth-order valence-corrected chi connectivity index (χ4v) is 2.16. The lowest BCUT2D eigenvalue weighted by molar-refractivity contribution is -0.163. The summed E-state index contributed by atoms with van der Waals surface area (Å²) >= 11 is 0. The molecule has 3 heteroatoms. The third kappa shape index (κ3) is 0.943. The zero-order valence-corrected chi connectivity index (χ0v) is 7.32. The summed E-state index contributed by atoms with van der Waals surface area (Å²) in [6, 6.07) is 4.00. The summed E-state index contributed by atoms with van der Waals surface area (Å²) in [6.07, 6.45) is 3.71. The second-order valence-corrected chi connectivity index (χ2v) is 3.45. The number of nitrogens with zero attached hydrogens (tertiary/aromatic N) is 1. The van der Waals surface area contributed by atoms with Crippen LogP contribution < -0.4 is 0 Å². The quantitative estimate of drug-likeness (QED) is 0.597. The molecule has 2 aliphatic rings. The summed E-state index contributed by atoms with van der Waals surface area (Å²) in [4.78, 5) is 4.32. The van der Waals surface area contributed by atoms with E-state index in [-0.39, 0.29) is 0 Å². The van der Waals surface area contributed by atoms with Crippen LogP contribution in [0.3, 0.4) is 0 Å². The van der Waals surface area contributed by atoms with Crippen molar-refractivity contribution in [2.24, 2.45) is 0 Å². The Morgan fingerprint density at radius 3 is 3.00 bits per heavy atom. The van der Waals surface area contributed by atoms with Gasteiger partial charge in [0, 0.05) is 23.9 Å². The highest BCUT2D eigenvalue weighted by Gasteiger charge is 2.44. The van der Waals surface area contributed by atoms with Crippen molar-refractivity contribution in [2.45, 2.75) is 18.6 Å². The SMILES string of the molecule is c1cnc2c(c1)C1(CC2)OCCO1. The summed E-state index contributed by atoms with van der Waals surface area (Å²) in [6.45, 7) is 1.41. The van der Waals surface area contributed by atoms with Crippen molar-refractivity contribution >= 4 is 0 Å². The smallest absolute Gasteiger partial charge is 0.197 e. The van der Waals surface area contributed by atoms with E-state index in [1.165, 1.54) is 0 Å². The molecule has 2 heterocycles. The molecule has 0 bridgehead atoms.